The molecule has 0 aliphatic carbocycles. The molecular weight excluding hydrogens is 254 g/mol. The van der Waals surface area contributed by atoms with Crippen molar-refractivity contribution in [3.63, 3.8) is 0 Å². The van der Waals surface area contributed by atoms with Gasteiger partial charge in [0.1, 0.15) is 5.75 Å². The van der Waals surface area contributed by atoms with E-state index in [-0.39, 0.29) is 5.91 Å². The Labute approximate surface area is 120 Å². The molecule has 0 N–H and O–H groups in total. The van der Waals surface area contributed by atoms with Crippen molar-refractivity contribution in [3.05, 3.63) is 29.3 Å². The van der Waals surface area contributed by atoms with Gasteiger partial charge in [0.05, 0.1) is 13.2 Å². The molecule has 1 aromatic rings. The van der Waals surface area contributed by atoms with Crippen molar-refractivity contribution >= 4 is 5.91 Å². The van der Waals surface area contributed by atoms with Crippen LogP contribution in [-0.4, -0.2) is 43.2 Å². The molecular formula is C16H23NO3. The van der Waals surface area contributed by atoms with E-state index in [2.05, 4.69) is 6.07 Å². The van der Waals surface area contributed by atoms with Crippen LogP contribution in [0.1, 0.15) is 24.5 Å². The lowest BCUT2D eigenvalue weighted by Crippen LogP contribution is -2.47. The van der Waals surface area contributed by atoms with E-state index in [1.54, 1.807) is 0 Å². The summed E-state index contributed by atoms with van der Waals surface area (Å²) in [5.74, 6) is 0.861. The Kier molecular flexibility index (Phi) is 5.01. The smallest absolute Gasteiger partial charge is 0.263 e. The Bertz CT molecular complexity index is 467. The van der Waals surface area contributed by atoms with Crippen LogP contribution < -0.4 is 4.74 Å². The Morgan fingerprint density at radius 3 is 2.65 bits per heavy atom. The zero-order chi connectivity index (χ0) is 14.5. The molecule has 1 aliphatic rings. The van der Waals surface area contributed by atoms with Gasteiger partial charge in [0.25, 0.3) is 5.91 Å². The number of benzene rings is 1. The summed E-state index contributed by atoms with van der Waals surface area (Å²) in [6.07, 6.45) is 0.262. The molecule has 1 fully saturated rings. The van der Waals surface area contributed by atoms with Crippen molar-refractivity contribution in [3.8, 4) is 5.75 Å². The Morgan fingerprint density at radius 1 is 1.35 bits per heavy atom. The number of hydrogen-bond donors (Lipinski definition) is 0. The normalized spacial score (nSPS) is 16.9. The maximum Gasteiger partial charge on any atom is 0.263 e. The molecule has 1 aromatic carbocycles. The first-order chi connectivity index (χ1) is 9.61. The monoisotopic (exact) mass is 277 g/mol. The summed E-state index contributed by atoms with van der Waals surface area (Å²) in [6.45, 7) is 8.59. The highest BCUT2D eigenvalue weighted by Crippen LogP contribution is 2.21. The molecule has 1 amide bonds. The third-order valence-electron chi connectivity index (χ3n) is 3.57. The zero-order valence-corrected chi connectivity index (χ0v) is 12.5. The Hall–Kier alpha value is -1.55. The molecule has 1 aliphatic heterocycles. The highest BCUT2D eigenvalue weighted by Gasteiger charge is 2.26. The molecule has 2 rings (SSSR count). The van der Waals surface area contributed by atoms with Gasteiger partial charge in [-0.25, -0.2) is 0 Å². The van der Waals surface area contributed by atoms with Gasteiger partial charge in [0.15, 0.2) is 6.10 Å². The summed E-state index contributed by atoms with van der Waals surface area (Å²) in [5.41, 5.74) is 2.26. The molecule has 0 spiro atoms. The fraction of sp³-hybridized carbons (Fsp3) is 0.562. The predicted molar refractivity (Wildman–Crippen MR) is 78.0 cm³/mol. The van der Waals surface area contributed by atoms with Gasteiger partial charge < -0.3 is 14.4 Å². The van der Waals surface area contributed by atoms with Gasteiger partial charge in [-0.2, -0.15) is 0 Å². The number of aryl methyl sites for hydroxylation is 2. The highest BCUT2D eigenvalue weighted by atomic mass is 16.5. The molecule has 20 heavy (non-hydrogen) atoms. The van der Waals surface area contributed by atoms with Gasteiger partial charge in [0, 0.05) is 13.1 Å². The lowest BCUT2D eigenvalue weighted by molar-refractivity contribution is -0.142. The summed E-state index contributed by atoms with van der Waals surface area (Å²) in [5, 5.41) is 0. The molecule has 0 aromatic heterocycles. The lowest BCUT2D eigenvalue weighted by Gasteiger charge is -2.30. The third kappa shape index (κ3) is 3.51. The van der Waals surface area contributed by atoms with E-state index in [0.29, 0.717) is 32.7 Å². The number of ether oxygens (including phenoxy) is 2. The molecule has 1 saturated heterocycles. The molecule has 110 valence electrons. The van der Waals surface area contributed by atoms with E-state index < -0.39 is 6.10 Å². The first-order valence-electron chi connectivity index (χ1n) is 7.22. The van der Waals surface area contributed by atoms with Crippen LogP contribution in [0.3, 0.4) is 0 Å². The lowest BCUT2D eigenvalue weighted by atomic mass is 10.1. The maximum atomic E-state index is 12.5. The van der Waals surface area contributed by atoms with Gasteiger partial charge in [0.2, 0.25) is 0 Å². The van der Waals surface area contributed by atoms with Gasteiger partial charge in [-0.05, 0) is 31.9 Å². The Morgan fingerprint density at radius 2 is 2.05 bits per heavy atom. The van der Waals surface area contributed by atoms with Crippen LogP contribution in [0.25, 0.3) is 0 Å². The molecule has 1 heterocycles. The second-order valence-corrected chi connectivity index (χ2v) is 5.22. The third-order valence-corrected chi connectivity index (χ3v) is 3.57. The second-order valence-electron chi connectivity index (χ2n) is 5.22. The highest BCUT2D eigenvalue weighted by molar-refractivity contribution is 5.81. The molecule has 0 bridgehead atoms. The summed E-state index contributed by atoms with van der Waals surface area (Å²) in [6, 6.07) is 6.02. The van der Waals surface area contributed by atoms with Crippen molar-refractivity contribution in [1.82, 2.24) is 4.90 Å². The zero-order valence-electron chi connectivity index (χ0n) is 12.5. The standard InChI is InChI=1S/C16H23NO3/c1-4-14(16(18)17-7-9-19-10-8-17)20-15-6-5-12(2)11-13(15)3/h5-6,11,14H,4,7-10H2,1-3H3. The summed E-state index contributed by atoms with van der Waals surface area (Å²) < 4.78 is 11.2. The Balaban J connectivity index is 2.05. The van der Waals surface area contributed by atoms with Crippen molar-refractivity contribution in [1.29, 1.82) is 0 Å². The van der Waals surface area contributed by atoms with Gasteiger partial charge in [-0.1, -0.05) is 24.6 Å². The van der Waals surface area contributed by atoms with E-state index >= 15 is 0 Å². The van der Waals surface area contributed by atoms with Crippen LogP contribution in [0.2, 0.25) is 0 Å². The number of amides is 1. The predicted octanol–water partition coefficient (Wildman–Crippen LogP) is 2.32. The van der Waals surface area contributed by atoms with Crippen LogP contribution in [0, 0.1) is 13.8 Å². The number of carbonyl (C=O) groups is 1. The maximum absolute atomic E-state index is 12.5. The first kappa shape index (κ1) is 14.9. The first-order valence-corrected chi connectivity index (χ1v) is 7.22. The minimum absolute atomic E-state index is 0.0655. The number of carbonyl (C=O) groups excluding carboxylic acids is 1. The van der Waals surface area contributed by atoms with Crippen molar-refractivity contribution in [2.45, 2.75) is 33.3 Å². The minimum Gasteiger partial charge on any atom is -0.480 e. The topological polar surface area (TPSA) is 38.8 Å². The van der Waals surface area contributed by atoms with Crippen LogP contribution >= 0.6 is 0 Å². The van der Waals surface area contributed by atoms with Gasteiger partial charge in [-0.3, -0.25) is 4.79 Å². The van der Waals surface area contributed by atoms with Crippen LogP contribution in [0.15, 0.2) is 18.2 Å². The second kappa shape index (κ2) is 6.75. The molecule has 1 unspecified atom stereocenters. The number of morpholine rings is 1. The SMILES string of the molecule is CCC(Oc1ccc(C)cc1C)C(=O)N1CCOCC1. The van der Waals surface area contributed by atoms with E-state index in [1.165, 1.54) is 5.56 Å². The van der Waals surface area contributed by atoms with Gasteiger partial charge >= 0.3 is 0 Å². The minimum atomic E-state index is -0.408. The quantitative estimate of drug-likeness (QED) is 0.848. The molecule has 0 radical (unpaired) electrons. The number of nitrogens with zero attached hydrogens (tertiary/aromatic N) is 1. The van der Waals surface area contributed by atoms with E-state index in [9.17, 15) is 4.79 Å². The number of rotatable bonds is 4. The molecule has 1 atom stereocenters. The van der Waals surface area contributed by atoms with Crippen molar-refractivity contribution in [2.24, 2.45) is 0 Å². The summed E-state index contributed by atoms with van der Waals surface area (Å²) in [4.78, 5) is 14.3. The van der Waals surface area contributed by atoms with Crippen LogP contribution in [0.5, 0.6) is 5.75 Å². The molecule has 4 nitrogen and oxygen atoms in total. The van der Waals surface area contributed by atoms with Crippen molar-refractivity contribution < 1.29 is 14.3 Å². The van der Waals surface area contributed by atoms with E-state index in [4.69, 9.17) is 9.47 Å². The van der Waals surface area contributed by atoms with E-state index in [0.717, 1.165) is 11.3 Å². The number of hydrogen-bond acceptors (Lipinski definition) is 3. The average molecular weight is 277 g/mol. The van der Waals surface area contributed by atoms with E-state index in [1.807, 2.05) is 37.8 Å². The average Bonchev–Trinajstić information content (AvgIpc) is 2.47. The van der Waals surface area contributed by atoms with Gasteiger partial charge in [-0.15, -0.1) is 0 Å². The fourth-order valence-corrected chi connectivity index (χ4v) is 2.38. The van der Waals surface area contributed by atoms with Crippen LogP contribution in [-0.2, 0) is 9.53 Å². The fourth-order valence-electron chi connectivity index (χ4n) is 2.38. The summed E-state index contributed by atoms with van der Waals surface area (Å²) in [7, 11) is 0. The van der Waals surface area contributed by atoms with Crippen molar-refractivity contribution in [2.75, 3.05) is 26.3 Å². The molecule has 4 heteroatoms. The summed E-state index contributed by atoms with van der Waals surface area (Å²) >= 11 is 0. The molecule has 0 saturated carbocycles. The largest absolute Gasteiger partial charge is 0.480 e. The van der Waals surface area contributed by atoms with Crippen LogP contribution in [0.4, 0.5) is 0 Å².